The Morgan fingerprint density at radius 1 is 1.27 bits per heavy atom. The van der Waals surface area contributed by atoms with Gasteiger partial charge < -0.3 is 19.6 Å². The van der Waals surface area contributed by atoms with E-state index in [1.165, 1.54) is 10.5 Å². The van der Waals surface area contributed by atoms with Gasteiger partial charge in [-0.05, 0) is 31.8 Å². The number of nitrogens with zero attached hydrogens (tertiary/aromatic N) is 3. The Labute approximate surface area is 131 Å². The zero-order valence-electron chi connectivity index (χ0n) is 13.4. The smallest absolute Gasteiger partial charge is 0.407 e. The van der Waals surface area contributed by atoms with Crippen LogP contribution in [0, 0.1) is 0 Å². The molecule has 1 aromatic rings. The van der Waals surface area contributed by atoms with Gasteiger partial charge in [-0.2, -0.15) is 0 Å². The van der Waals surface area contributed by atoms with Crippen molar-refractivity contribution >= 4 is 6.09 Å². The highest BCUT2D eigenvalue weighted by molar-refractivity contribution is 5.65. The van der Waals surface area contributed by atoms with E-state index in [9.17, 15) is 4.79 Å². The van der Waals surface area contributed by atoms with Crippen LogP contribution < -0.4 is 4.74 Å². The van der Waals surface area contributed by atoms with Gasteiger partial charge in [0, 0.05) is 39.3 Å². The van der Waals surface area contributed by atoms with E-state index >= 15 is 0 Å². The van der Waals surface area contributed by atoms with Gasteiger partial charge in [0.05, 0.1) is 0 Å². The molecule has 0 aromatic heterocycles. The summed E-state index contributed by atoms with van der Waals surface area (Å²) in [5.74, 6) is 0.892. The lowest BCUT2D eigenvalue weighted by Gasteiger charge is -2.33. The molecule has 1 fully saturated rings. The van der Waals surface area contributed by atoms with E-state index in [-0.39, 0.29) is 0 Å². The molecule has 0 bridgehead atoms. The Morgan fingerprint density at radius 2 is 2.00 bits per heavy atom. The van der Waals surface area contributed by atoms with Crippen LogP contribution in [0.5, 0.6) is 5.75 Å². The Kier molecular flexibility index (Phi) is 6.03. The van der Waals surface area contributed by atoms with E-state index in [0.717, 1.165) is 31.9 Å². The zero-order chi connectivity index (χ0) is 15.9. The first kappa shape index (κ1) is 16.6. The van der Waals surface area contributed by atoms with Gasteiger partial charge in [0.25, 0.3) is 0 Å². The molecule has 1 aromatic carbocycles. The largest absolute Gasteiger partial charge is 0.492 e. The number of carboxylic acid groups (broad SMARTS) is 1. The van der Waals surface area contributed by atoms with E-state index in [1.807, 2.05) is 26.2 Å². The number of hydrogen-bond donors (Lipinski definition) is 1. The fraction of sp³-hybridized carbons (Fsp3) is 0.562. The minimum atomic E-state index is -0.823. The van der Waals surface area contributed by atoms with Crippen LogP contribution >= 0.6 is 0 Å². The molecular formula is C16H25N3O3. The average Bonchev–Trinajstić information content (AvgIpc) is 2.48. The van der Waals surface area contributed by atoms with Gasteiger partial charge in [-0.1, -0.05) is 12.1 Å². The Bertz CT molecular complexity index is 485. The quantitative estimate of drug-likeness (QED) is 0.861. The third kappa shape index (κ3) is 5.20. The number of rotatable bonds is 6. The first-order valence-electron chi connectivity index (χ1n) is 7.61. The zero-order valence-corrected chi connectivity index (χ0v) is 13.4. The standard InChI is InChI=1S/C16H25N3O3/c1-17(2)10-11-22-15-5-3-4-14(12-15)13-18-6-8-19(9-7-18)16(20)21/h3-5,12H,6-11,13H2,1-2H3,(H,20,21). The second-order valence-electron chi connectivity index (χ2n) is 5.84. The highest BCUT2D eigenvalue weighted by Crippen LogP contribution is 2.16. The Hall–Kier alpha value is -1.79. The van der Waals surface area contributed by atoms with E-state index in [1.54, 1.807) is 0 Å². The lowest BCUT2D eigenvalue weighted by atomic mass is 10.2. The second kappa shape index (κ2) is 8.00. The molecule has 1 aliphatic rings. The van der Waals surface area contributed by atoms with Gasteiger partial charge in [-0.3, -0.25) is 4.90 Å². The van der Waals surface area contributed by atoms with Crippen molar-refractivity contribution in [2.75, 3.05) is 53.4 Å². The van der Waals surface area contributed by atoms with Gasteiger partial charge >= 0.3 is 6.09 Å². The lowest BCUT2D eigenvalue weighted by Crippen LogP contribution is -2.47. The molecule has 1 saturated heterocycles. The summed E-state index contributed by atoms with van der Waals surface area (Å²) in [6.07, 6.45) is -0.823. The summed E-state index contributed by atoms with van der Waals surface area (Å²) in [5, 5.41) is 8.96. The first-order chi connectivity index (χ1) is 10.5. The Morgan fingerprint density at radius 3 is 2.64 bits per heavy atom. The fourth-order valence-corrected chi connectivity index (χ4v) is 2.44. The minimum absolute atomic E-state index is 0.578. The molecule has 22 heavy (non-hydrogen) atoms. The molecule has 0 aliphatic carbocycles. The van der Waals surface area contributed by atoms with E-state index < -0.39 is 6.09 Å². The molecular weight excluding hydrogens is 282 g/mol. The molecule has 122 valence electrons. The molecule has 1 heterocycles. The van der Waals surface area contributed by atoms with E-state index in [4.69, 9.17) is 9.84 Å². The van der Waals surface area contributed by atoms with Crippen molar-refractivity contribution in [3.05, 3.63) is 29.8 Å². The Balaban J connectivity index is 1.82. The highest BCUT2D eigenvalue weighted by atomic mass is 16.5. The number of likely N-dealkylation sites (N-methyl/N-ethyl adjacent to an activating group) is 1. The number of benzene rings is 1. The SMILES string of the molecule is CN(C)CCOc1cccc(CN2CCN(C(=O)O)CC2)c1. The predicted octanol–water partition coefficient (Wildman–Crippen LogP) is 1.42. The van der Waals surface area contributed by atoms with Crippen LogP contribution in [-0.4, -0.2) is 79.3 Å². The monoisotopic (exact) mass is 307 g/mol. The summed E-state index contributed by atoms with van der Waals surface area (Å²) in [5.41, 5.74) is 1.20. The van der Waals surface area contributed by atoms with Crippen LogP contribution in [0.25, 0.3) is 0 Å². The summed E-state index contributed by atoms with van der Waals surface area (Å²) in [7, 11) is 4.05. The third-order valence-corrected chi connectivity index (χ3v) is 3.75. The molecule has 6 nitrogen and oxygen atoms in total. The molecule has 0 radical (unpaired) electrons. The summed E-state index contributed by atoms with van der Waals surface area (Å²) in [4.78, 5) is 16.7. The lowest BCUT2D eigenvalue weighted by molar-refractivity contribution is 0.103. The van der Waals surface area contributed by atoms with Gasteiger partial charge in [0.2, 0.25) is 0 Å². The van der Waals surface area contributed by atoms with Gasteiger partial charge in [0.15, 0.2) is 0 Å². The number of amides is 1. The molecule has 0 unspecified atom stereocenters. The predicted molar refractivity (Wildman–Crippen MR) is 85.4 cm³/mol. The van der Waals surface area contributed by atoms with Crippen LogP contribution in [0.15, 0.2) is 24.3 Å². The normalized spacial score (nSPS) is 16.0. The summed E-state index contributed by atoms with van der Waals surface area (Å²) >= 11 is 0. The van der Waals surface area contributed by atoms with Crippen molar-refractivity contribution in [3.63, 3.8) is 0 Å². The molecule has 1 amide bonds. The number of piperazine rings is 1. The molecule has 2 rings (SSSR count). The van der Waals surface area contributed by atoms with Crippen molar-refractivity contribution in [1.82, 2.24) is 14.7 Å². The maximum atomic E-state index is 10.9. The summed E-state index contributed by atoms with van der Waals surface area (Å²) in [6, 6.07) is 8.14. The van der Waals surface area contributed by atoms with Gasteiger partial charge in [-0.15, -0.1) is 0 Å². The molecule has 1 N–H and O–H groups in total. The highest BCUT2D eigenvalue weighted by Gasteiger charge is 2.20. The number of hydrogen-bond acceptors (Lipinski definition) is 4. The van der Waals surface area contributed by atoms with Crippen LogP contribution in [0.1, 0.15) is 5.56 Å². The van der Waals surface area contributed by atoms with E-state index in [0.29, 0.717) is 19.7 Å². The number of carbonyl (C=O) groups is 1. The maximum Gasteiger partial charge on any atom is 0.407 e. The van der Waals surface area contributed by atoms with E-state index in [2.05, 4.69) is 21.9 Å². The van der Waals surface area contributed by atoms with Crippen LogP contribution in [0.3, 0.4) is 0 Å². The van der Waals surface area contributed by atoms with Crippen molar-refractivity contribution in [1.29, 1.82) is 0 Å². The summed E-state index contributed by atoms with van der Waals surface area (Å²) < 4.78 is 5.75. The average molecular weight is 307 g/mol. The molecule has 0 spiro atoms. The van der Waals surface area contributed by atoms with Crippen molar-refractivity contribution in [2.24, 2.45) is 0 Å². The minimum Gasteiger partial charge on any atom is -0.492 e. The van der Waals surface area contributed by atoms with Gasteiger partial charge in [-0.25, -0.2) is 4.79 Å². The van der Waals surface area contributed by atoms with Gasteiger partial charge in [0.1, 0.15) is 12.4 Å². The number of ether oxygens (including phenoxy) is 1. The molecule has 0 saturated carbocycles. The second-order valence-corrected chi connectivity index (χ2v) is 5.84. The topological polar surface area (TPSA) is 56.2 Å². The van der Waals surface area contributed by atoms with Crippen molar-refractivity contribution < 1.29 is 14.6 Å². The summed E-state index contributed by atoms with van der Waals surface area (Å²) in [6.45, 7) is 5.10. The molecule has 0 atom stereocenters. The first-order valence-corrected chi connectivity index (χ1v) is 7.61. The van der Waals surface area contributed by atoms with Crippen molar-refractivity contribution in [2.45, 2.75) is 6.54 Å². The van der Waals surface area contributed by atoms with Crippen LogP contribution in [-0.2, 0) is 6.54 Å². The molecule has 1 aliphatic heterocycles. The third-order valence-electron chi connectivity index (χ3n) is 3.75. The fourth-order valence-electron chi connectivity index (χ4n) is 2.44. The van der Waals surface area contributed by atoms with Crippen LogP contribution in [0.4, 0.5) is 4.79 Å². The van der Waals surface area contributed by atoms with Crippen LogP contribution in [0.2, 0.25) is 0 Å². The maximum absolute atomic E-state index is 10.9. The van der Waals surface area contributed by atoms with Crippen molar-refractivity contribution in [3.8, 4) is 5.75 Å². The molecule has 6 heteroatoms.